The number of hydrogen-bond acceptors (Lipinski definition) is 4. The Bertz CT molecular complexity index is 705. The number of nitrogens with two attached hydrogens (primary N) is 1. The van der Waals surface area contributed by atoms with E-state index in [0.29, 0.717) is 23.6 Å². The molecular weight excluding hydrogens is 310 g/mol. The first-order valence-corrected chi connectivity index (χ1v) is 8.26. The molecular formula is C14H16ClN3O2S. The van der Waals surface area contributed by atoms with Crippen molar-refractivity contribution < 1.29 is 8.42 Å². The number of rotatable bonds is 6. The third-order valence-electron chi connectivity index (χ3n) is 2.98. The quantitative estimate of drug-likeness (QED) is 0.846. The van der Waals surface area contributed by atoms with Crippen molar-refractivity contribution in [2.45, 2.75) is 17.9 Å². The van der Waals surface area contributed by atoms with Crippen molar-refractivity contribution in [2.24, 2.45) is 5.73 Å². The van der Waals surface area contributed by atoms with Crippen molar-refractivity contribution in [3.63, 3.8) is 0 Å². The Morgan fingerprint density at radius 3 is 2.71 bits per heavy atom. The summed E-state index contributed by atoms with van der Waals surface area (Å²) in [6, 6.07) is 8.25. The first-order valence-electron chi connectivity index (χ1n) is 6.40. The maximum absolute atomic E-state index is 12.2. The fraction of sp³-hybridized carbons (Fsp3) is 0.214. The zero-order valence-corrected chi connectivity index (χ0v) is 12.9. The van der Waals surface area contributed by atoms with Crippen LogP contribution in [0.4, 0.5) is 0 Å². The van der Waals surface area contributed by atoms with Gasteiger partial charge >= 0.3 is 0 Å². The molecule has 1 heterocycles. The lowest BCUT2D eigenvalue weighted by Crippen LogP contribution is -2.26. The van der Waals surface area contributed by atoms with Crippen molar-refractivity contribution in [3.05, 3.63) is 58.9 Å². The molecule has 21 heavy (non-hydrogen) atoms. The summed E-state index contributed by atoms with van der Waals surface area (Å²) in [7, 11) is -3.57. The molecule has 2 aromatic rings. The monoisotopic (exact) mass is 325 g/mol. The Morgan fingerprint density at radius 2 is 2.10 bits per heavy atom. The summed E-state index contributed by atoms with van der Waals surface area (Å²) in [5.74, 6) is 0. The highest BCUT2D eigenvalue weighted by atomic mass is 35.5. The summed E-state index contributed by atoms with van der Waals surface area (Å²) in [5.41, 5.74) is 7.18. The molecule has 0 aliphatic heterocycles. The molecule has 0 unspecified atom stereocenters. The summed E-state index contributed by atoms with van der Waals surface area (Å²) in [6.07, 6.45) is 3.96. The lowest BCUT2D eigenvalue weighted by molar-refractivity contribution is 0.581. The number of hydrogen-bond donors (Lipinski definition) is 2. The molecule has 0 aliphatic carbocycles. The van der Waals surface area contributed by atoms with Crippen LogP contribution in [0.3, 0.4) is 0 Å². The number of nitrogens with zero attached hydrogens (tertiary/aromatic N) is 1. The molecule has 3 N–H and O–H groups in total. The number of pyridine rings is 1. The van der Waals surface area contributed by atoms with Gasteiger partial charge in [-0.25, -0.2) is 13.1 Å². The van der Waals surface area contributed by atoms with Crippen LogP contribution in [0.25, 0.3) is 0 Å². The number of halogens is 1. The SMILES string of the molecule is NCc1ccc(S(=O)(=O)NCCc2cccnc2)cc1Cl. The van der Waals surface area contributed by atoms with Crippen LogP contribution in [-0.2, 0) is 23.0 Å². The second-order valence-electron chi connectivity index (χ2n) is 4.47. The molecule has 0 radical (unpaired) electrons. The van der Waals surface area contributed by atoms with E-state index >= 15 is 0 Å². The topological polar surface area (TPSA) is 85.1 Å². The maximum atomic E-state index is 12.2. The van der Waals surface area contributed by atoms with Crippen LogP contribution in [-0.4, -0.2) is 19.9 Å². The third-order valence-corrected chi connectivity index (χ3v) is 4.79. The lowest BCUT2D eigenvalue weighted by atomic mass is 10.2. The van der Waals surface area contributed by atoms with Gasteiger partial charge in [0.05, 0.1) is 4.90 Å². The van der Waals surface area contributed by atoms with Crippen molar-refractivity contribution in [1.29, 1.82) is 0 Å². The van der Waals surface area contributed by atoms with E-state index in [0.717, 1.165) is 5.56 Å². The fourth-order valence-corrected chi connectivity index (χ4v) is 3.20. The van der Waals surface area contributed by atoms with Gasteiger partial charge in [-0.05, 0) is 35.7 Å². The first-order chi connectivity index (χ1) is 10.0. The first kappa shape index (κ1) is 15.9. The largest absolute Gasteiger partial charge is 0.326 e. The molecule has 2 rings (SSSR count). The van der Waals surface area contributed by atoms with Gasteiger partial charge in [-0.15, -0.1) is 0 Å². The van der Waals surface area contributed by atoms with E-state index < -0.39 is 10.0 Å². The van der Waals surface area contributed by atoms with Gasteiger partial charge in [-0.1, -0.05) is 23.7 Å². The molecule has 0 bridgehead atoms. The summed E-state index contributed by atoms with van der Waals surface area (Å²) in [6.45, 7) is 0.567. The predicted molar refractivity (Wildman–Crippen MR) is 82.5 cm³/mol. The Hall–Kier alpha value is -1.47. The van der Waals surface area contributed by atoms with E-state index in [1.165, 1.54) is 12.1 Å². The van der Waals surface area contributed by atoms with Gasteiger partial charge in [0, 0.05) is 30.5 Å². The van der Waals surface area contributed by atoms with E-state index in [1.807, 2.05) is 12.1 Å². The molecule has 1 aromatic carbocycles. The Morgan fingerprint density at radius 1 is 1.29 bits per heavy atom. The van der Waals surface area contributed by atoms with Crippen LogP contribution < -0.4 is 10.5 Å². The average molecular weight is 326 g/mol. The summed E-state index contributed by atoms with van der Waals surface area (Å²) in [5, 5.41) is 0.354. The highest BCUT2D eigenvalue weighted by Gasteiger charge is 2.14. The molecule has 0 aliphatic rings. The van der Waals surface area contributed by atoms with Crippen LogP contribution in [0.5, 0.6) is 0 Å². The number of nitrogens with one attached hydrogen (secondary N) is 1. The minimum atomic E-state index is -3.57. The van der Waals surface area contributed by atoms with Crippen molar-refractivity contribution in [1.82, 2.24) is 9.71 Å². The van der Waals surface area contributed by atoms with Gasteiger partial charge in [0.25, 0.3) is 0 Å². The maximum Gasteiger partial charge on any atom is 0.240 e. The second kappa shape index (κ2) is 7.00. The number of aromatic nitrogens is 1. The smallest absolute Gasteiger partial charge is 0.240 e. The molecule has 7 heteroatoms. The van der Waals surface area contributed by atoms with Gasteiger partial charge in [-0.2, -0.15) is 0 Å². The second-order valence-corrected chi connectivity index (χ2v) is 6.64. The van der Waals surface area contributed by atoms with Crippen molar-refractivity contribution in [3.8, 4) is 0 Å². The molecule has 112 valence electrons. The highest BCUT2D eigenvalue weighted by molar-refractivity contribution is 7.89. The zero-order valence-electron chi connectivity index (χ0n) is 11.3. The van der Waals surface area contributed by atoms with E-state index in [1.54, 1.807) is 18.5 Å². The summed E-state index contributed by atoms with van der Waals surface area (Å²) in [4.78, 5) is 4.12. The molecule has 0 atom stereocenters. The van der Waals surface area contributed by atoms with Gasteiger partial charge in [-0.3, -0.25) is 4.98 Å². The average Bonchev–Trinajstić information content (AvgIpc) is 2.48. The molecule has 0 spiro atoms. The summed E-state index contributed by atoms with van der Waals surface area (Å²) < 4.78 is 26.9. The minimum Gasteiger partial charge on any atom is -0.326 e. The third kappa shape index (κ3) is 4.25. The molecule has 0 saturated heterocycles. The van der Waals surface area contributed by atoms with E-state index in [9.17, 15) is 8.42 Å². The summed E-state index contributed by atoms with van der Waals surface area (Å²) >= 11 is 5.99. The van der Waals surface area contributed by atoms with Gasteiger partial charge in [0.2, 0.25) is 10.0 Å². The van der Waals surface area contributed by atoms with Gasteiger partial charge in [0.1, 0.15) is 0 Å². The van der Waals surface area contributed by atoms with E-state index in [4.69, 9.17) is 17.3 Å². The fourth-order valence-electron chi connectivity index (χ4n) is 1.82. The van der Waals surface area contributed by atoms with Crippen LogP contribution in [0.15, 0.2) is 47.6 Å². The molecule has 0 amide bonds. The van der Waals surface area contributed by atoms with Crippen LogP contribution in [0.1, 0.15) is 11.1 Å². The molecule has 1 aromatic heterocycles. The number of benzene rings is 1. The Labute approximate surface area is 129 Å². The molecule has 5 nitrogen and oxygen atoms in total. The molecule has 0 fully saturated rings. The van der Waals surface area contributed by atoms with E-state index in [-0.39, 0.29) is 11.4 Å². The lowest BCUT2D eigenvalue weighted by Gasteiger charge is -2.08. The highest BCUT2D eigenvalue weighted by Crippen LogP contribution is 2.20. The van der Waals surface area contributed by atoms with Crippen molar-refractivity contribution in [2.75, 3.05) is 6.54 Å². The Kier molecular flexibility index (Phi) is 5.30. The van der Waals surface area contributed by atoms with Crippen LogP contribution in [0, 0.1) is 0 Å². The Balaban J connectivity index is 2.03. The zero-order chi connectivity index (χ0) is 15.3. The van der Waals surface area contributed by atoms with Crippen molar-refractivity contribution >= 4 is 21.6 Å². The standard InChI is InChI=1S/C14H16ClN3O2S/c15-14-8-13(4-3-12(14)9-16)21(19,20)18-7-5-11-2-1-6-17-10-11/h1-4,6,8,10,18H,5,7,9,16H2. The number of sulfonamides is 1. The van der Waals surface area contributed by atoms with Gasteiger partial charge < -0.3 is 5.73 Å². The van der Waals surface area contributed by atoms with Gasteiger partial charge in [0.15, 0.2) is 0 Å². The van der Waals surface area contributed by atoms with Crippen LogP contribution >= 0.6 is 11.6 Å². The van der Waals surface area contributed by atoms with Crippen LogP contribution in [0.2, 0.25) is 5.02 Å². The predicted octanol–water partition coefficient (Wildman–Crippen LogP) is 1.71. The molecule has 0 saturated carbocycles. The minimum absolute atomic E-state index is 0.135. The normalized spacial score (nSPS) is 11.5. The van der Waals surface area contributed by atoms with E-state index in [2.05, 4.69) is 9.71 Å².